The summed E-state index contributed by atoms with van der Waals surface area (Å²) < 4.78 is 11.1. The van der Waals surface area contributed by atoms with E-state index in [1.54, 1.807) is 7.11 Å². The van der Waals surface area contributed by atoms with Gasteiger partial charge in [-0.05, 0) is 50.7 Å². The summed E-state index contributed by atoms with van der Waals surface area (Å²) in [5, 5.41) is 3.85. The van der Waals surface area contributed by atoms with Crippen LogP contribution in [0.5, 0.6) is 11.5 Å². The molecule has 0 saturated carbocycles. The van der Waals surface area contributed by atoms with Gasteiger partial charge in [-0.1, -0.05) is 6.92 Å². The molecule has 1 fully saturated rings. The molecule has 1 unspecified atom stereocenters. The van der Waals surface area contributed by atoms with Crippen LogP contribution < -0.4 is 14.8 Å². The number of nitrogens with one attached hydrogen (secondary N) is 1. The van der Waals surface area contributed by atoms with E-state index in [9.17, 15) is 0 Å². The number of piperidine rings is 1. The van der Waals surface area contributed by atoms with E-state index in [4.69, 9.17) is 9.47 Å². The first-order valence-corrected chi connectivity index (χ1v) is 8.09. The minimum Gasteiger partial charge on any atom is -0.497 e. The lowest BCUT2D eigenvalue weighted by Gasteiger charge is -2.35. The molecule has 1 N–H and O–H groups in total. The molecular formula is C17H26N2O2. The average Bonchev–Trinajstić information content (AvgIpc) is 2.55. The molecule has 2 aliphatic rings. The topological polar surface area (TPSA) is 33.7 Å². The first-order valence-electron chi connectivity index (χ1n) is 8.09. The third-order valence-corrected chi connectivity index (χ3v) is 4.73. The van der Waals surface area contributed by atoms with Crippen LogP contribution in [0.3, 0.4) is 0 Å². The summed E-state index contributed by atoms with van der Waals surface area (Å²) in [7, 11) is 1.72. The second kappa shape index (κ2) is 6.67. The lowest BCUT2D eigenvalue weighted by Crippen LogP contribution is -2.44. The van der Waals surface area contributed by atoms with Gasteiger partial charge in [-0.15, -0.1) is 0 Å². The maximum atomic E-state index is 5.77. The van der Waals surface area contributed by atoms with Crippen LogP contribution in [-0.4, -0.2) is 44.3 Å². The molecule has 0 bridgehead atoms. The molecule has 2 heterocycles. The Labute approximate surface area is 127 Å². The smallest absolute Gasteiger partial charge is 0.124 e. The van der Waals surface area contributed by atoms with Gasteiger partial charge >= 0.3 is 0 Å². The van der Waals surface area contributed by atoms with Crippen molar-refractivity contribution < 1.29 is 9.47 Å². The molecule has 0 aliphatic carbocycles. The van der Waals surface area contributed by atoms with E-state index in [-0.39, 0.29) is 0 Å². The molecule has 0 aromatic heterocycles. The lowest BCUT2D eigenvalue weighted by atomic mass is 9.96. The van der Waals surface area contributed by atoms with Crippen LogP contribution in [0.4, 0.5) is 0 Å². The molecule has 0 spiro atoms. The fraction of sp³-hybridized carbons (Fsp3) is 0.647. The zero-order valence-electron chi connectivity index (χ0n) is 13.1. The number of benzene rings is 1. The van der Waals surface area contributed by atoms with Gasteiger partial charge in [-0.3, -0.25) is 0 Å². The van der Waals surface area contributed by atoms with E-state index in [2.05, 4.69) is 23.2 Å². The van der Waals surface area contributed by atoms with Crippen molar-refractivity contribution in [3.63, 3.8) is 0 Å². The third kappa shape index (κ3) is 3.33. The van der Waals surface area contributed by atoms with Crippen molar-refractivity contribution in [2.24, 2.45) is 0 Å². The monoisotopic (exact) mass is 290 g/mol. The van der Waals surface area contributed by atoms with Crippen LogP contribution >= 0.6 is 0 Å². The van der Waals surface area contributed by atoms with Gasteiger partial charge in [0.15, 0.2) is 0 Å². The summed E-state index contributed by atoms with van der Waals surface area (Å²) in [6.07, 6.45) is 3.52. The van der Waals surface area contributed by atoms with E-state index in [0.717, 1.165) is 24.5 Å². The van der Waals surface area contributed by atoms with Crippen molar-refractivity contribution in [2.75, 3.05) is 33.4 Å². The minimum absolute atomic E-state index is 0.391. The molecule has 21 heavy (non-hydrogen) atoms. The molecule has 2 aliphatic heterocycles. The maximum Gasteiger partial charge on any atom is 0.124 e. The Morgan fingerprint density at radius 2 is 2.10 bits per heavy atom. The largest absolute Gasteiger partial charge is 0.497 e. The number of fused-ring (bicyclic) bond motifs is 1. The Bertz CT molecular complexity index is 470. The highest BCUT2D eigenvalue weighted by Crippen LogP contribution is 2.35. The van der Waals surface area contributed by atoms with Gasteiger partial charge in [0.2, 0.25) is 0 Å². The fourth-order valence-corrected chi connectivity index (χ4v) is 3.37. The zero-order valence-corrected chi connectivity index (χ0v) is 13.1. The van der Waals surface area contributed by atoms with Crippen molar-refractivity contribution in [3.8, 4) is 11.5 Å². The predicted molar refractivity (Wildman–Crippen MR) is 84.1 cm³/mol. The van der Waals surface area contributed by atoms with Crippen molar-refractivity contribution in [1.29, 1.82) is 0 Å². The highest BCUT2D eigenvalue weighted by atomic mass is 16.5. The first-order chi connectivity index (χ1) is 10.3. The summed E-state index contributed by atoms with van der Waals surface area (Å²) >= 11 is 0. The molecule has 1 atom stereocenters. The van der Waals surface area contributed by atoms with Gasteiger partial charge in [0, 0.05) is 24.1 Å². The minimum atomic E-state index is 0.391. The SMILES string of the molecule is CCN1CCC(NC2CCOc3ccc(OC)cc32)CC1. The Morgan fingerprint density at radius 1 is 1.29 bits per heavy atom. The highest BCUT2D eigenvalue weighted by Gasteiger charge is 2.26. The molecule has 3 rings (SSSR count). The van der Waals surface area contributed by atoms with E-state index >= 15 is 0 Å². The summed E-state index contributed by atoms with van der Waals surface area (Å²) in [5.74, 6) is 1.91. The second-order valence-electron chi connectivity index (χ2n) is 5.97. The third-order valence-electron chi connectivity index (χ3n) is 4.73. The van der Waals surface area contributed by atoms with Crippen LogP contribution in [0.15, 0.2) is 18.2 Å². The Morgan fingerprint density at radius 3 is 2.81 bits per heavy atom. The molecule has 1 aromatic rings. The molecule has 116 valence electrons. The van der Waals surface area contributed by atoms with Gasteiger partial charge in [0.25, 0.3) is 0 Å². The summed E-state index contributed by atoms with van der Waals surface area (Å²) in [5.41, 5.74) is 1.25. The quantitative estimate of drug-likeness (QED) is 0.924. The molecule has 1 saturated heterocycles. The normalized spacial score (nSPS) is 23.4. The summed E-state index contributed by atoms with van der Waals surface area (Å²) in [6, 6.07) is 7.13. The van der Waals surface area contributed by atoms with Gasteiger partial charge in [-0.25, -0.2) is 0 Å². The number of ether oxygens (including phenoxy) is 2. The molecule has 0 radical (unpaired) electrons. The van der Waals surface area contributed by atoms with Gasteiger partial charge < -0.3 is 19.7 Å². The van der Waals surface area contributed by atoms with E-state index in [0.29, 0.717) is 12.1 Å². The van der Waals surface area contributed by atoms with Crippen LogP contribution in [-0.2, 0) is 0 Å². The number of hydrogen-bond acceptors (Lipinski definition) is 4. The van der Waals surface area contributed by atoms with Crippen molar-refractivity contribution in [1.82, 2.24) is 10.2 Å². The van der Waals surface area contributed by atoms with Crippen molar-refractivity contribution >= 4 is 0 Å². The number of nitrogens with zero attached hydrogens (tertiary/aromatic N) is 1. The number of methoxy groups -OCH3 is 1. The molecule has 1 aromatic carbocycles. The van der Waals surface area contributed by atoms with E-state index < -0.39 is 0 Å². The molecule has 4 nitrogen and oxygen atoms in total. The Kier molecular flexibility index (Phi) is 4.66. The lowest BCUT2D eigenvalue weighted by molar-refractivity contribution is 0.183. The molecule has 0 amide bonds. The van der Waals surface area contributed by atoms with Crippen LogP contribution in [0.2, 0.25) is 0 Å². The van der Waals surface area contributed by atoms with Crippen molar-refractivity contribution in [3.05, 3.63) is 23.8 Å². The van der Waals surface area contributed by atoms with E-state index in [1.807, 2.05) is 12.1 Å². The zero-order chi connectivity index (χ0) is 14.7. The Hall–Kier alpha value is -1.26. The molecule has 4 heteroatoms. The number of hydrogen-bond donors (Lipinski definition) is 1. The van der Waals surface area contributed by atoms with Crippen LogP contribution in [0.1, 0.15) is 37.8 Å². The van der Waals surface area contributed by atoms with Gasteiger partial charge in [0.1, 0.15) is 11.5 Å². The predicted octanol–water partition coefficient (Wildman–Crippen LogP) is 2.59. The average molecular weight is 290 g/mol. The fourth-order valence-electron chi connectivity index (χ4n) is 3.37. The van der Waals surface area contributed by atoms with Crippen LogP contribution in [0, 0.1) is 0 Å². The van der Waals surface area contributed by atoms with E-state index in [1.165, 1.54) is 38.0 Å². The first kappa shape index (κ1) is 14.7. The number of rotatable bonds is 4. The highest BCUT2D eigenvalue weighted by molar-refractivity contribution is 5.43. The Balaban J connectivity index is 1.67. The van der Waals surface area contributed by atoms with Gasteiger partial charge in [-0.2, -0.15) is 0 Å². The standard InChI is InChI=1S/C17H26N2O2/c1-3-19-9-6-13(7-10-19)18-16-8-11-21-17-5-4-14(20-2)12-15(16)17/h4-5,12-13,16,18H,3,6-11H2,1-2H3. The summed E-state index contributed by atoms with van der Waals surface area (Å²) in [6.45, 7) is 6.63. The van der Waals surface area contributed by atoms with Crippen molar-refractivity contribution in [2.45, 2.75) is 38.3 Å². The maximum absolute atomic E-state index is 5.77. The number of likely N-dealkylation sites (tertiary alicyclic amines) is 1. The van der Waals surface area contributed by atoms with Gasteiger partial charge in [0.05, 0.1) is 13.7 Å². The second-order valence-corrected chi connectivity index (χ2v) is 5.97. The van der Waals surface area contributed by atoms with Crippen LogP contribution in [0.25, 0.3) is 0 Å². The summed E-state index contributed by atoms with van der Waals surface area (Å²) in [4.78, 5) is 2.53. The molecular weight excluding hydrogens is 264 g/mol.